The molecule has 7 nitrogen and oxygen atoms in total. The minimum atomic E-state index is -0.466. The van der Waals surface area contributed by atoms with Crippen LogP contribution in [0.5, 0.6) is 0 Å². The number of pyridine rings is 1. The molecule has 3 aromatic rings. The summed E-state index contributed by atoms with van der Waals surface area (Å²) < 4.78 is 6.87. The van der Waals surface area contributed by atoms with Gasteiger partial charge in [-0.15, -0.1) is 0 Å². The lowest BCUT2D eigenvalue weighted by molar-refractivity contribution is -0.384. The van der Waals surface area contributed by atoms with Gasteiger partial charge in [-0.3, -0.25) is 10.1 Å². The Bertz CT molecular complexity index is 884. The lowest BCUT2D eigenvalue weighted by Gasteiger charge is -2.10. The first kappa shape index (κ1) is 14.7. The van der Waals surface area contributed by atoms with E-state index >= 15 is 0 Å². The molecule has 2 aromatic heterocycles. The highest BCUT2D eigenvalue weighted by molar-refractivity contribution is 6.01. The van der Waals surface area contributed by atoms with E-state index in [1.54, 1.807) is 48.1 Å². The molecule has 0 aliphatic heterocycles. The molecule has 0 saturated heterocycles. The summed E-state index contributed by atoms with van der Waals surface area (Å²) in [5, 5.41) is 10.8. The van der Waals surface area contributed by atoms with Crippen LogP contribution in [0, 0.1) is 10.1 Å². The summed E-state index contributed by atoms with van der Waals surface area (Å²) in [7, 11) is 0. The molecular weight excluding hydrogens is 298 g/mol. The molecule has 1 aromatic carbocycles. The van der Waals surface area contributed by atoms with Crippen LogP contribution in [0.25, 0.3) is 16.8 Å². The van der Waals surface area contributed by atoms with Crippen molar-refractivity contribution in [1.29, 1.82) is 0 Å². The van der Waals surface area contributed by atoms with Gasteiger partial charge in [-0.05, 0) is 30.7 Å². The molecule has 0 amide bonds. The van der Waals surface area contributed by atoms with Gasteiger partial charge in [0.15, 0.2) is 0 Å². The van der Waals surface area contributed by atoms with Crippen LogP contribution >= 0.6 is 0 Å². The van der Waals surface area contributed by atoms with Gasteiger partial charge in [0.1, 0.15) is 5.65 Å². The maximum absolute atomic E-state index is 12.2. The fourth-order valence-electron chi connectivity index (χ4n) is 2.40. The van der Waals surface area contributed by atoms with Crippen LogP contribution in [0.2, 0.25) is 0 Å². The highest BCUT2D eigenvalue weighted by atomic mass is 16.6. The first-order chi connectivity index (χ1) is 11.1. The fourth-order valence-corrected chi connectivity index (χ4v) is 2.40. The number of imidazole rings is 1. The molecule has 7 heteroatoms. The van der Waals surface area contributed by atoms with Gasteiger partial charge in [-0.1, -0.05) is 0 Å². The zero-order valence-corrected chi connectivity index (χ0v) is 12.3. The summed E-state index contributed by atoms with van der Waals surface area (Å²) in [6.45, 7) is 2.00. The predicted molar refractivity (Wildman–Crippen MR) is 83.2 cm³/mol. The number of nitro groups is 1. The number of carbonyl (C=O) groups is 1. The molecule has 0 bridgehead atoms. The topological polar surface area (TPSA) is 86.7 Å². The SMILES string of the molecule is CCOC(=O)c1ccn2ccnc2c1-c1ccc([N+](=O)[O-])cc1. The van der Waals surface area contributed by atoms with Gasteiger partial charge in [-0.25, -0.2) is 9.78 Å². The Morgan fingerprint density at radius 2 is 2.00 bits per heavy atom. The molecular formula is C16H13N3O4. The average Bonchev–Trinajstić information content (AvgIpc) is 3.02. The Kier molecular flexibility index (Phi) is 3.76. The number of non-ortho nitro benzene ring substituents is 1. The minimum Gasteiger partial charge on any atom is -0.462 e. The molecule has 0 spiro atoms. The summed E-state index contributed by atoms with van der Waals surface area (Å²) in [5.41, 5.74) is 2.20. The van der Waals surface area contributed by atoms with Crippen LogP contribution in [0.4, 0.5) is 5.69 Å². The van der Waals surface area contributed by atoms with E-state index in [9.17, 15) is 14.9 Å². The molecule has 0 atom stereocenters. The molecule has 0 aliphatic carbocycles. The van der Waals surface area contributed by atoms with Gasteiger partial charge in [0, 0.05) is 36.3 Å². The van der Waals surface area contributed by atoms with E-state index in [1.165, 1.54) is 12.1 Å². The highest BCUT2D eigenvalue weighted by Crippen LogP contribution is 2.29. The third-order valence-corrected chi connectivity index (χ3v) is 3.43. The summed E-state index contributed by atoms with van der Waals surface area (Å²) in [5.74, 6) is -0.452. The van der Waals surface area contributed by atoms with E-state index in [1.807, 2.05) is 0 Å². The number of aromatic nitrogens is 2. The molecule has 0 fully saturated rings. The van der Waals surface area contributed by atoms with Crippen molar-refractivity contribution in [1.82, 2.24) is 9.38 Å². The van der Waals surface area contributed by atoms with Gasteiger partial charge in [0.25, 0.3) is 5.69 Å². The Morgan fingerprint density at radius 3 is 2.65 bits per heavy atom. The van der Waals surface area contributed by atoms with Gasteiger partial charge in [0.05, 0.1) is 17.1 Å². The second-order valence-electron chi connectivity index (χ2n) is 4.79. The summed E-state index contributed by atoms with van der Waals surface area (Å²) >= 11 is 0. The number of benzene rings is 1. The quantitative estimate of drug-likeness (QED) is 0.420. The highest BCUT2D eigenvalue weighted by Gasteiger charge is 2.19. The Morgan fingerprint density at radius 1 is 1.26 bits per heavy atom. The van der Waals surface area contributed by atoms with Crippen molar-refractivity contribution in [3.63, 3.8) is 0 Å². The van der Waals surface area contributed by atoms with Crippen molar-refractivity contribution in [2.24, 2.45) is 0 Å². The van der Waals surface area contributed by atoms with Crippen LogP contribution in [-0.4, -0.2) is 26.9 Å². The largest absolute Gasteiger partial charge is 0.462 e. The lowest BCUT2D eigenvalue weighted by atomic mass is 10.0. The van der Waals surface area contributed by atoms with Crippen molar-refractivity contribution in [2.45, 2.75) is 6.92 Å². The number of carbonyl (C=O) groups excluding carboxylic acids is 1. The van der Waals surface area contributed by atoms with Crippen LogP contribution < -0.4 is 0 Å². The van der Waals surface area contributed by atoms with E-state index in [0.29, 0.717) is 22.3 Å². The first-order valence-corrected chi connectivity index (χ1v) is 6.99. The second-order valence-corrected chi connectivity index (χ2v) is 4.79. The van der Waals surface area contributed by atoms with E-state index in [4.69, 9.17) is 4.74 Å². The zero-order chi connectivity index (χ0) is 16.4. The molecule has 116 valence electrons. The normalized spacial score (nSPS) is 10.7. The third-order valence-electron chi connectivity index (χ3n) is 3.43. The number of hydrogen-bond donors (Lipinski definition) is 0. The number of hydrogen-bond acceptors (Lipinski definition) is 5. The Hall–Kier alpha value is -3.22. The molecule has 0 aliphatic rings. The Labute approximate surface area is 131 Å². The molecule has 3 rings (SSSR count). The average molecular weight is 311 g/mol. The van der Waals surface area contributed by atoms with E-state index in [2.05, 4.69) is 4.98 Å². The summed E-state index contributed by atoms with van der Waals surface area (Å²) in [6, 6.07) is 7.66. The number of fused-ring (bicyclic) bond motifs is 1. The van der Waals surface area contributed by atoms with Crippen molar-refractivity contribution in [3.8, 4) is 11.1 Å². The molecule has 0 unspecified atom stereocenters. The van der Waals surface area contributed by atoms with Crippen molar-refractivity contribution in [3.05, 3.63) is 64.6 Å². The molecule has 0 radical (unpaired) electrons. The number of rotatable bonds is 4. The minimum absolute atomic E-state index is 0.0123. The first-order valence-electron chi connectivity index (χ1n) is 6.99. The van der Waals surface area contributed by atoms with E-state index < -0.39 is 10.9 Å². The number of nitro benzene ring substituents is 1. The number of ether oxygens (including phenoxy) is 1. The molecule has 2 heterocycles. The van der Waals surface area contributed by atoms with E-state index in [-0.39, 0.29) is 12.3 Å². The third kappa shape index (κ3) is 2.64. The maximum atomic E-state index is 12.2. The van der Waals surface area contributed by atoms with Gasteiger partial charge < -0.3 is 9.14 Å². The Balaban J connectivity index is 2.20. The van der Waals surface area contributed by atoms with Gasteiger partial charge >= 0.3 is 5.97 Å². The zero-order valence-electron chi connectivity index (χ0n) is 12.3. The predicted octanol–water partition coefficient (Wildman–Crippen LogP) is 3.09. The number of esters is 1. The van der Waals surface area contributed by atoms with Gasteiger partial charge in [-0.2, -0.15) is 0 Å². The van der Waals surface area contributed by atoms with Crippen molar-refractivity contribution < 1.29 is 14.5 Å². The maximum Gasteiger partial charge on any atom is 0.338 e. The molecule has 0 N–H and O–H groups in total. The summed E-state index contributed by atoms with van der Waals surface area (Å²) in [4.78, 5) is 26.8. The fraction of sp³-hybridized carbons (Fsp3) is 0.125. The van der Waals surface area contributed by atoms with Crippen LogP contribution in [0.15, 0.2) is 48.9 Å². The number of nitrogens with zero attached hydrogens (tertiary/aromatic N) is 3. The standard InChI is InChI=1S/C16H13N3O4/c1-2-23-16(20)13-7-9-18-10-8-17-15(18)14(13)11-3-5-12(6-4-11)19(21)22/h3-10H,2H2,1H3. The van der Waals surface area contributed by atoms with E-state index in [0.717, 1.165) is 0 Å². The second kappa shape index (κ2) is 5.88. The van der Waals surface area contributed by atoms with Crippen LogP contribution in [0.3, 0.4) is 0 Å². The molecule has 0 saturated carbocycles. The van der Waals surface area contributed by atoms with Crippen molar-refractivity contribution >= 4 is 17.3 Å². The monoisotopic (exact) mass is 311 g/mol. The lowest BCUT2D eigenvalue weighted by Crippen LogP contribution is -2.08. The van der Waals surface area contributed by atoms with Crippen molar-refractivity contribution in [2.75, 3.05) is 6.61 Å². The van der Waals surface area contributed by atoms with Crippen LogP contribution in [-0.2, 0) is 4.74 Å². The smallest absolute Gasteiger partial charge is 0.338 e. The molecule has 23 heavy (non-hydrogen) atoms. The van der Waals surface area contributed by atoms with Crippen LogP contribution in [0.1, 0.15) is 17.3 Å². The summed E-state index contributed by atoms with van der Waals surface area (Å²) in [6.07, 6.45) is 5.11. The van der Waals surface area contributed by atoms with Gasteiger partial charge in [0.2, 0.25) is 0 Å².